The molecular weight excluding hydrogens is 183 g/mol. The summed E-state index contributed by atoms with van der Waals surface area (Å²) in [6.45, 7) is 1.50. The van der Waals surface area contributed by atoms with Gasteiger partial charge in [-0.3, -0.25) is 4.79 Å². The molecule has 1 aromatic carbocycles. The maximum Gasteiger partial charge on any atom is 0.241 e. The van der Waals surface area contributed by atoms with Crippen molar-refractivity contribution in [3.63, 3.8) is 0 Å². The summed E-state index contributed by atoms with van der Waals surface area (Å²) in [5.41, 5.74) is 0.485. The first kappa shape index (κ1) is 10.2. The minimum atomic E-state index is -0.708. The Bertz CT molecular complexity index is 367. The highest BCUT2D eigenvalue weighted by Crippen LogP contribution is 2.09. The molecule has 0 aliphatic carbocycles. The number of anilines is 1. The summed E-state index contributed by atoms with van der Waals surface area (Å²) in [5.74, 6) is -1.46. The summed E-state index contributed by atoms with van der Waals surface area (Å²) in [5, 5.41) is 10.9. The van der Waals surface area contributed by atoms with Gasteiger partial charge in [0.05, 0.1) is 6.07 Å². The Kier molecular flexibility index (Phi) is 3.19. The van der Waals surface area contributed by atoms with E-state index in [0.29, 0.717) is 5.69 Å². The Morgan fingerprint density at radius 3 is 2.57 bits per heavy atom. The van der Waals surface area contributed by atoms with Crippen molar-refractivity contribution in [2.24, 2.45) is 5.92 Å². The van der Waals surface area contributed by atoms with E-state index >= 15 is 0 Å². The molecule has 1 atom stereocenters. The van der Waals surface area contributed by atoms with Crippen molar-refractivity contribution in [2.45, 2.75) is 6.92 Å². The third kappa shape index (κ3) is 2.56. The van der Waals surface area contributed by atoms with E-state index in [0.717, 1.165) is 0 Å². The summed E-state index contributed by atoms with van der Waals surface area (Å²) in [4.78, 5) is 11.2. The molecule has 0 fully saturated rings. The van der Waals surface area contributed by atoms with Gasteiger partial charge >= 0.3 is 0 Å². The number of hydrogen-bond donors (Lipinski definition) is 1. The lowest BCUT2D eigenvalue weighted by Gasteiger charge is -2.05. The zero-order valence-corrected chi connectivity index (χ0v) is 7.62. The first-order chi connectivity index (χ1) is 6.63. The molecule has 1 rings (SSSR count). The van der Waals surface area contributed by atoms with Gasteiger partial charge < -0.3 is 5.32 Å². The maximum absolute atomic E-state index is 12.5. The van der Waals surface area contributed by atoms with Crippen LogP contribution in [0.15, 0.2) is 24.3 Å². The monoisotopic (exact) mass is 192 g/mol. The van der Waals surface area contributed by atoms with E-state index in [2.05, 4.69) is 5.32 Å². The maximum atomic E-state index is 12.5. The lowest BCUT2D eigenvalue weighted by molar-refractivity contribution is -0.117. The summed E-state index contributed by atoms with van der Waals surface area (Å²) < 4.78 is 12.5. The molecule has 72 valence electrons. The Balaban J connectivity index is 2.66. The summed E-state index contributed by atoms with van der Waals surface area (Å²) in [6.07, 6.45) is 0. The highest BCUT2D eigenvalue weighted by molar-refractivity contribution is 5.93. The van der Waals surface area contributed by atoms with Crippen LogP contribution in [0.25, 0.3) is 0 Å². The van der Waals surface area contributed by atoms with Crippen molar-refractivity contribution in [3.05, 3.63) is 30.1 Å². The number of halogens is 1. The van der Waals surface area contributed by atoms with E-state index in [9.17, 15) is 9.18 Å². The molecule has 0 aromatic heterocycles. The number of carbonyl (C=O) groups is 1. The molecule has 1 aromatic rings. The second-order valence-electron chi connectivity index (χ2n) is 2.85. The van der Waals surface area contributed by atoms with E-state index in [1.165, 1.54) is 31.2 Å². The molecule has 3 nitrogen and oxygen atoms in total. The van der Waals surface area contributed by atoms with Gasteiger partial charge in [0, 0.05) is 5.69 Å². The van der Waals surface area contributed by atoms with E-state index in [1.54, 1.807) is 0 Å². The number of rotatable bonds is 2. The first-order valence-corrected chi connectivity index (χ1v) is 4.09. The molecule has 0 radical (unpaired) electrons. The zero-order chi connectivity index (χ0) is 10.6. The van der Waals surface area contributed by atoms with Crippen LogP contribution in [0.2, 0.25) is 0 Å². The highest BCUT2D eigenvalue weighted by Gasteiger charge is 2.10. The van der Waals surface area contributed by atoms with Crippen LogP contribution in [-0.2, 0) is 4.79 Å². The molecule has 1 amide bonds. The van der Waals surface area contributed by atoms with Gasteiger partial charge in [0.2, 0.25) is 5.91 Å². The van der Waals surface area contributed by atoms with Crippen molar-refractivity contribution in [3.8, 4) is 6.07 Å². The first-order valence-electron chi connectivity index (χ1n) is 4.09. The van der Waals surface area contributed by atoms with Gasteiger partial charge in [-0.1, -0.05) is 0 Å². The molecular formula is C10H9FN2O. The van der Waals surface area contributed by atoms with Gasteiger partial charge in [-0.2, -0.15) is 5.26 Å². The van der Waals surface area contributed by atoms with Crippen LogP contribution >= 0.6 is 0 Å². The smallest absolute Gasteiger partial charge is 0.241 e. The standard InChI is InChI=1S/C10H9FN2O/c1-7(6-12)10(14)13-9-4-2-8(11)3-5-9/h2-5,7H,1H3,(H,13,14). The third-order valence-electron chi connectivity index (χ3n) is 1.70. The van der Waals surface area contributed by atoms with Crippen LogP contribution in [0.5, 0.6) is 0 Å². The largest absolute Gasteiger partial charge is 0.325 e. The molecule has 14 heavy (non-hydrogen) atoms. The minimum absolute atomic E-state index is 0.365. The Hall–Kier alpha value is -1.89. The molecule has 1 N–H and O–H groups in total. The minimum Gasteiger partial charge on any atom is -0.325 e. The average Bonchev–Trinajstić information content (AvgIpc) is 2.20. The van der Waals surface area contributed by atoms with Crippen molar-refractivity contribution in [2.75, 3.05) is 5.32 Å². The molecule has 0 heterocycles. The lowest BCUT2D eigenvalue weighted by Crippen LogP contribution is -2.18. The fraction of sp³-hybridized carbons (Fsp3) is 0.200. The zero-order valence-electron chi connectivity index (χ0n) is 7.62. The number of carbonyl (C=O) groups excluding carboxylic acids is 1. The van der Waals surface area contributed by atoms with Crippen molar-refractivity contribution in [1.82, 2.24) is 0 Å². The van der Waals surface area contributed by atoms with Crippen molar-refractivity contribution >= 4 is 11.6 Å². The molecule has 0 aliphatic rings. The Morgan fingerprint density at radius 1 is 1.50 bits per heavy atom. The van der Waals surface area contributed by atoms with Gasteiger partial charge in [-0.05, 0) is 31.2 Å². The van der Waals surface area contributed by atoms with E-state index in [4.69, 9.17) is 5.26 Å². The number of benzene rings is 1. The summed E-state index contributed by atoms with van der Waals surface area (Å²) in [7, 11) is 0. The second kappa shape index (κ2) is 4.38. The van der Waals surface area contributed by atoms with Crippen LogP contribution in [0, 0.1) is 23.1 Å². The second-order valence-corrected chi connectivity index (χ2v) is 2.85. The van der Waals surface area contributed by atoms with Crippen molar-refractivity contribution < 1.29 is 9.18 Å². The molecule has 1 unspecified atom stereocenters. The van der Waals surface area contributed by atoms with Crippen molar-refractivity contribution in [1.29, 1.82) is 5.26 Å². The molecule has 0 saturated carbocycles. The van der Waals surface area contributed by atoms with Gasteiger partial charge in [0.1, 0.15) is 11.7 Å². The van der Waals surface area contributed by atoms with Gasteiger partial charge in [-0.25, -0.2) is 4.39 Å². The topological polar surface area (TPSA) is 52.9 Å². The lowest BCUT2D eigenvalue weighted by atomic mass is 10.2. The Labute approximate surface area is 81.2 Å². The molecule has 0 bridgehead atoms. The summed E-state index contributed by atoms with van der Waals surface area (Å²) >= 11 is 0. The molecule has 0 saturated heterocycles. The highest BCUT2D eigenvalue weighted by atomic mass is 19.1. The third-order valence-corrected chi connectivity index (χ3v) is 1.70. The molecule has 0 aliphatic heterocycles. The number of amides is 1. The predicted octanol–water partition coefficient (Wildman–Crippen LogP) is 1.92. The quantitative estimate of drug-likeness (QED) is 0.778. The van der Waals surface area contributed by atoms with Gasteiger partial charge in [0.15, 0.2) is 0 Å². The number of nitriles is 1. The Morgan fingerprint density at radius 2 is 2.07 bits per heavy atom. The SMILES string of the molecule is CC(C#N)C(=O)Nc1ccc(F)cc1. The van der Waals surface area contributed by atoms with Gasteiger partial charge in [-0.15, -0.1) is 0 Å². The van der Waals surface area contributed by atoms with E-state index in [1.807, 2.05) is 6.07 Å². The molecule has 0 spiro atoms. The number of nitrogens with one attached hydrogen (secondary N) is 1. The number of nitrogens with zero attached hydrogens (tertiary/aromatic N) is 1. The normalized spacial score (nSPS) is 11.5. The fourth-order valence-electron chi connectivity index (χ4n) is 0.842. The predicted molar refractivity (Wildman–Crippen MR) is 49.8 cm³/mol. The van der Waals surface area contributed by atoms with Crippen LogP contribution in [-0.4, -0.2) is 5.91 Å². The number of hydrogen-bond acceptors (Lipinski definition) is 2. The fourth-order valence-corrected chi connectivity index (χ4v) is 0.842. The van der Waals surface area contributed by atoms with Crippen LogP contribution in [0.1, 0.15) is 6.92 Å². The van der Waals surface area contributed by atoms with Gasteiger partial charge in [0.25, 0.3) is 0 Å². The van der Waals surface area contributed by atoms with E-state index < -0.39 is 5.92 Å². The van der Waals surface area contributed by atoms with Crippen LogP contribution < -0.4 is 5.32 Å². The summed E-state index contributed by atoms with van der Waals surface area (Å²) in [6, 6.07) is 7.18. The van der Waals surface area contributed by atoms with Crippen LogP contribution in [0.4, 0.5) is 10.1 Å². The molecule has 4 heteroatoms. The average molecular weight is 192 g/mol. The van der Waals surface area contributed by atoms with E-state index in [-0.39, 0.29) is 11.7 Å². The van der Waals surface area contributed by atoms with Crippen LogP contribution in [0.3, 0.4) is 0 Å².